The molecule has 0 aromatic rings. The largest absolute Gasteiger partial charge is 0.392 e. The maximum atomic E-state index is 12.6. The maximum absolute atomic E-state index is 12.6. The highest BCUT2D eigenvalue weighted by Crippen LogP contribution is 2.32. The number of nitrogens with one attached hydrogen (secondary N) is 1. The molecule has 1 aliphatic heterocycles. The van der Waals surface area contributed by atoms with E-state index in [1.807, 2.05) is 0 Å². The number of amides is 1. The molecular formula is C14H24N2O2S. The fourth-order valence-corrected chi connectivity index (χ4v) is 3.33. The standard InChI is InChI=1S/C14H24N2O2S/c1-10-2-4-11(5-3-10)16-13(17)14(12(15)19)6-8-18-9-7-14/h10-11H,2-9H2,1H3,(H2,15,19)(H,16,17). The minimum atomic E-state index is -0.684. The van der Waals surface area contributed by atoms with Crippen molar-refractivity contribution in [2.75, 3.05) is 13.2 Å². The van der Waals surface area contributed by atoms with Crippen molar-refractivity contribution < 1.29 is 9.53 Å². The fourth-order valence-electron chi connectivity index (χ4n) is 3.03. The number of rotatable bonds is 3. The molecule has 1 saturated carbocycles. The summed E-state index contributed by atoms with van der Waals surface area (Å²) in [4.78, 5) is 12.9. The first-order valence-corrected chi connectivity index (χ1v) is 7.64. The van der Waals surface area contributed by atoms with E-state index >= 15 is 0 Å². The van der Waals surface area contributed by atoms with Crippen molar-refractivity contribution in [3.63, 3.8) is 0 Å². The van der Waals surface area contributed by atoms with Gasteiger partial charge in [0.15, 0.2) is 0 Å². The molecule has 2 rings (SSSR count). The van der Waals surface area contributed by atoms with Crippen LogP contribution in [0.2, 0.25) is 0 Å². The highest BCUT2D eigenvalue weighted by molar-refractivity contribution is 7.80. The summed E-state index contributed by atoms with van der Waals surface area (Å²) in [6, 6.07) is 0.290. The number of nitrogens with two attached hydrogens (primary N) is 1. The van der Waals surface area contributed by atoms with Gasteiger partial charge in [-0.3, -0.25) is 4.79 Å². The molecule has 2 fully saturated rings. The van der Waals surface area contributed by atoms with Crippen LogP contribution in [0, 0.1) is 11.3 Å². The molecule has 0 atom stereocenters. The second kappa shape index (κ2) is 6.18. The Bertz CT molecular complexity index is 345. The molecule has 1 aliphatic carbocycles. The monoisotopic (exact) mass is 284 g/mol. The van der Waals surface area contributed by atoms with Gasteiger partial charge in [0.2, 0.25) is 5.91 Å². The topological polar surface area (TPSA) is 64.4 Å². The molecular weight excluding hydrogens is 260 g/mol. The molecule has 0 spiro atoms. The average molecular weight is 284 g/mol. The minimum absolute atomic E-state index is 0.0165. The normalized spacial score (nSPS) is 30.6. The van der Waals surface area contributed by atoms with E-state index < -0.39 is 5.41 Å². The van der Waals surface area contributed by atoms with Gasteiger partial charge in [-0.05, 0) is 44.4 Å². The lowest BCUT2D eigenvalue weighted by molar-refractivity contribution is -0.132. The van der Waals surface area contributed by atoms with Crippen LogP contribution >= 0.6 is 12.2 Å². The summed E-state index contributed by atoms with van der Waals surface area (Å²) < 4.78 is 5.33. The number of carbonyl (C=O) groups is 1. The Labute approximate surface area is 120 Å². The lowest BCUT2D eigenvalue weighted by Gasteiger charge is -2.37. The molecule has 108 valence electrons. The first-order chi connectivity index (χ1) is 9.04. The van der Waals surface area contributed by atoms with Gasteiger partial charge in [-0.15, -0.1) is 0 Å². The van der Waals surface area contributed by atoms with E-state index in [4.69, 9.17) is 22.7 Å². The van der Waals surface area contributed by atoms with Crippen molar-refractivity contribution in [2.24, 2.45) is 17.1 Å². The van der Waals surface area contributed by atoms with Gasteiger partial charge in [-0.2, -0.15) is 0 Å². The summed E-state index contributed by atoms with van der Waals surface area (Å²) in [6.07, 6.45) is 5.73. The van der Waals surface area contributed by atoms with Crippen molar-refractivity contribution in [1.82, 2.24) is 5.32 Å². The molecule has 1 amide bonds. The smallest absolute Gasteiger partial charge is 0.233 e. The second-order valence-electron chi connectivity index (χ2n) is 5.99. The first-order valence-electron chi connectivity index (χ1n) is 7.23. The van der Waals surface area contributed by atoms with Crippen LogP contribution in [-0.2, 0) is 9.53 Å². The van der Waals surface area contributed by atoms with E-state index in [1.165, 1.54) is 12.8 Å². The van der Waals surface area contributed by atoms with E-state index in [1.54, 1.807) is 0 Å². The van der Waals surface area contributed by atoms with Gasteiger partial charge in [-0.25, -0.2) is 0 Å². The Balaban J connectivity index is 1.98. The molecule has 0 radical (unpaired) electrons. The van der Waals surface area contributed by atoms with Crippen LogP contribution in [0.25, 0.3) is 0 Å². The van der Waals surface area contributed by atoms with Crippen LogP contribution in [0.4, 0.5) is 0 Å². The zero-order valence-electron chi connectivity index (χ0n) is 11.6. The highest BCUT2D eigenvalue weighted by Gasteiger charge is 2.43. The van der Waals surface area contributed by atoms with Gasteiger partial charge in [0.25, 0.3) is 0 Å². The first kappa shape index (κ1) is 14.7. The van der Waals surface area contributed by atoms with Crippen molar-refractivity contribution in [2.45, 2.75) is 51.5 Å². The summed E-state index contributed by atoms with van der Waals surface area (Å²) in [7, 11) is 0. The third kappa shape index (κ3) is 3.26. The Morgan fingerprint density at radius 1 is 1.26 bits per heavy atom. The number of ether oxygens (including phenoxy) is 1. The lowest BCUT2D eigenvalue weighted by atomic mass is 9.78. The Morgan fingerprint density at radius 3 is 2.37 bits per heavy atom. The van der Waals surface area contributed by atoms with E-state index in [2.05, 4.69) is 12.2 Å². The summed E-state index contributed by atoms with van der Waals surface area (Å²) >= 11 is 5.15. The minimum Gasteiger partial charge on any atom is -0.392 e. The highest BCUT2D eigenvalue weighted by atomic mass is 32.1. The van der Waals surface area contributed by atoms with Crippen molar-refractivity contribution in [1.29, 1.82) is 0 Å². The number of carbonyl (C=O) groups excluding carboxylic acids is 1. The van der Waals surface area contributed by atoms with Crippen LogP contribution in [0.3, 0.4) is 0 Å². The molecule has 19 heavy (non-hydrogen) atoms. The van der Waals surface area contributed by atoms with Crippen LogP contribution < -0.4 is 11.1 Å². The molecule has 4 nitrogen and oxygen atoms in total. The molecule has 0 aromatic carbocycles. The summed E-state index contributed by atoms with van der Waals surface area (Å²) in [5, 5.41) is 3.17. The van der Waals surface area contributed by atoms with E-state index in [0.717, 1.165) is 18.8 Å². The number of hydrogen-bond acceptors (Lipinski definition) is 3. The van der Waals surface area contributed by atoms with E-state index in [0.29, 0.717) is 31.0 Å². The van der Waals surface area contributed by atoms with Crippen molar-refractivity contribution in [3.8, 4) is 0 Å². The zero-order chi connectivity index (χ0) is 13.9. The van der Waals surface area contributed by atoms with Gasteiger partial charge in [0.1, 0.15) is 5.41 Å². The van der Waals surface area contributed by atoms with E-state index in [9.17, 15) is 4.79 Å². The molecule has 2 aliphatic rings. The van der Waals surface area contributed by atoms with Crippen LogP contribution in [0.1, 0.15) is 45.4 Å². The number of hydrogen-bond donors (Lipinski definition) is 2. The van der Waals surface area contributed by atoms with Crippen LogP contribution in [0.5, 0.6) is 0 Å². The van der Waals surface area contributed by atoms with Gasteiger partial charge >= 0.3 is 0 Å². The summed E-state index contributed by atoms with van der Waals surface area (Å²) in [6.45, 7) is 3.39. The van der Waals surface area contributed by atoms with E-state index in [-0.39, 0.29) is 11.9 Å². The van der Waals surface area contributed by atoms with Crippen molar-refractivity contribution in [3.05, 3.63) is 0 Å². The van der Waals surface area contributed by atoms with Gasteiger partial charge in [0, 0.05) is 19.3 Å². The van der Waals surface area contributed by atoms with Crippen LogP contribution in [-0.4, -0.2) is 30.2 Å². The predicted molar refractivity (Wildman–Crippen MR) is 78.8 cm³/mol. The quantitative estimate of drug-likeness (QED) is 0.775. The van der Waals surface area contributed by atoms with Gasteiger partial charge in [0.05, 0.1) is 4.99 Å². The Morgan fingerprint density at radius 2 is 1.84 bits per heavy atom. The number of thiocarbonyl (C=S) groups is 1. The SMILES string of the molecule is CC1CCC(NC(=O)C2(C(N)=S)CCOCC2)CC1. The third-order valence-electron chi connectivity index (χ3n) is 4.60. The average Bonchev–Trinajstić information content (AvgIpc) is 2.42. The zero-order valence-corrected chi connectivity index (χ0v) is 12.4. The molecule has 0 aromatic heterocycles. The molecule has 0 bridgehead atoms. The van der Waals surface area contributed by atoms with Gasteiger partial charge < -0.3 is 15.8 Å². The maximum Gasteiger partial charge on any atom is 0.233 e. The second-order valence-corrected chi connectivity index (χ2v) is 6.43. The molecule has 5 heteroatoms. The molecule has 1 saturated heterocycles. The van der Waals surface area contributed by atoms with Crippen LogP contribution in [0.15, 0.2) is 0 Å². The van der Waals surface area contributed by atoms with Gasteiger partial charge in [-0.1, -0.05) is 19.1 Å². The predicted octanol–water partition coefficient (Wildman–Crippen LogP) is 1.76. The molecule has 0 unspecified atom stereocenters. The third-order valence-corrected chi connectivity index (χ3v) is 4.99. The Kier molecular flexibility index (Phi) is 4.79. The fraction of sp³-hybridized carbons (Fsp3) is 0.857. The summed E-state index contributed by atoms with van der Waals surface area (Å²) in [5.74, 6) is 0.795. The Hall–Kier alpha value is -0.680. The summed E-state index contributed by atoms with van der Waals surface area (Å²) in [5.41, 5.74) is 5.16. The molecule has 1 heterocycles. The van der Waals surface area contributed by atoms with Crippen molar-refractivity contribution >= 4 is 23.1 Å². The lowest BCUT2D eigenvalue weighted by Crippen LogP contribution is -2.54. The molecule has 3 N–H and O–H groups in total.